The average molecular weight is 368 g/mol. The first kappa shape index (κ1) is 17.9. The van der Waals surface area contributed by atoms with Crippen LogP contribution in [0.4, 0.5) is 11.4 Å². The zero-order valence-electron chi connectivity index (χ0n) is 15.8. The molecule has 4 rings (SSSR count). The van der Waals surface area contributed by atoms with E-state index in [1.54, 1.807) is 0 Å². The molecule has 0 saturated heterocycles. The van der Waals surface area contributed by atoms with Gasteiger partial charge in [0.05, 0.1) is 6.54 Å². The minimum absolute atomic E-state index is 0.661. The SMILES string of the molecule is c1ccc(N(Cc2ccc(OCCn3cccc3)cc2)c2ccccc2)cc1. The predicted molar refractivity (Wildman–Crippen MR) is 115 cm³/mol. The van der Waals surface area contributed by atoms with Gasteiger partial charge in [0.2, 0.25) is 0 Å². The van der Waals surface area contributed by atoms with Gasteiger partial charge < -0.3 is 14.2 Å². The summed E-state index contributed by atoms with van der Waals surface area (Å²) in [5, 5.41) is 0. The first-order valence-corrected chi connectivity index (χ1v) is 9.59. The molecule has 0 radical (unpaired) electrons. The summed E-state index contributed by atoms with van der Waals surface area (Å²) in [6.45, 7) is 2.32. The lowest BCUT2D eigenvalue weighted by Gasteiger charge is -2.25. The maximum absolute atomic E-state index is 5.87. The summed E-state index contributed by atoms with van der Waals surface area (Å²) in [7, 11) is 0. The topological polar surface area (TPSA) is 17.4 Å². The minimum atomic E-state index is 0.661. The van der Waals surface area contributed by atoms with Crippen LogP contribution < -0.4 is 9.64 Å². The minimum Gasteiger partial charge on any atom is -0.492 e. The number of hydrogen-bond donors (Lipinski definition) is 0. The first-order chi connectivity index (χ1) is 13.9. The lowest BCUT2D eigenvalue weighted by molar-refractivity contribution is 0.298. The quantitative estimate of drug-likeness (QED) is 0.385. The van der Waals surface area contributed by atoms with Gasteiger partial charge in [-0.05, 0) is 54.1 Å². The predicted octanol–water partition coefficient (Wildman–Crippen LogP) is 5.91. The van der Waals surface area contributed by atoms with Crippen LogP contribution in [0.3, 0.4) is 0 Å². The molecule has 28 heavy (non-hydrogen) atoms. The van der Waals surface area contributed by atoms with Crippen LogP contribution >= 0.6 is 0 Å². The number of rotatable bonds is 8. The van der Waals surface area contributed by atoms with Crippen LogP contribution in [0.15, 0.2) is 109 Å². The third kappa shape index (κ3) is 4.63. The molecule has 0 spiro atoms. The van der Waals surface area contributed by atoms with Gasteiger partial charge in [-0.3, -0.25) is 0 Å². The van der Waals surface area contributed by atoms with Crippen molar-refractivity contribution in [2.75, 3.05) is 11.5 Å². The third-order valence-electron chi connectivity index (χ3n) is 4.68. The van der Waals surface area contributed by atoms with E-state index in [2.05, 4.69) is 82.3 Å². The Kier molecular flexibility index (Phi) is 5.74. The fourth-order valence-corrected chi connectivity index (χ4v) is 3.21. The first-order valence-electron chi connectivity index (χ1n) is 9.59. The maximum atomic E-state index is 5.87. The summed E-state index contributed by atoms with van der Waals surface area (Å²) in [4.78, 5) is 2.32. The molecule has 0 unspecified atom stereocenters. The van der Waals surface area contributed by atoms with Gasteiger partial charge in [-0.2, -0.15) is 0 Å². The van der Waals surface area contributed by atoms with Crippen LogP contribution in [0.5, 0.6) is 5.75 Å². The Balaban J connectivity index is 1.43. The summed E-state index contributed by atoms with van der Waals surface area (Å²) >= 11 is 0. The summed E-state index contributed by atoms with van der Waals surface area (Å²) in [6.07, 6.45) is 4.10. The van der Waals surface area contributed by atoms with Crippen molar-refractivity contribution < 1.29 is 4.74 Å². The van der Waals surface area contributed by atoms with Gasteiger partial charge in [0.25, 0.3) is 0 Å². The Morgan fingerprint density at radius 3 is 1.79 bits per heavy atom. The van der Waals surface area contributed by atoms with Gasteiger partial charge in [0.15, 0.2) is 0 Å². The van der Waals surface area contributed by atoms with Crippen LogP contribution in [-0.2, 0) is 13.1 Å². The molecule has 3 nitrogen and oxygen atoms in total. The fraction of sp³-hybridized carbons (Fsp3) is 0.120. The molecule has 0 atom stereocenters. The van der Waals surface area contributed by atoms with Crippen LogP contribution in [0.25, 0.3) is 0 Å². The Morgan fingerprint density at radius 1 is 0.643 bits per heavy atom. The van der Waals surface area contributed by atoms with E-state index < -0.39 is 0 Å². The number of hydrogen-bond acceptors (Lipinski definition) is 2. The van der Waals surface area contributed by atoms with E-state index in [0.29, 0.717) is 6.61 Å². The Morgan fingerprint density at radius 2 is 1.21 bits per heavy atom. The van der Waals surface area contributed by atoms with Gasteiger partial charge in [0, 0.05) is 30.3 Å². The standard InChI is InChI=1S/C25H24N2O/c1-3-9-23(10-4-1)27(24-11-5-2-6-12-24)21-22-13-15-25(16-14-22)28-20-19-26-17-7-8-18-26/h1-18H,19-21H2. The largest absolute Gasteiger partial charge is 0.492 e. The monoisotopic (exact) mass is 368 g/mol. The van der Waals surface area contributed by atoms with Crippen molar-refractivity contribution in [3.8, 4) is 5.75 Å². The second-order valence-corrected chi connectivity index (χ2v) is 6.67. The van der Waals surface area contributed by atoms with Crippen molar-refractivity contribution in [2.45, 2.75) is 13.1 Å². The van der Waals surface area contributed by atoms with E-state index in [4.69, 9.17) is 4.74 Å². The number of anilines is 2. The number of aromatic nitrogens is 1. The van der Waals surface area contributed by atoms with Gasteiger partial charge in [0.1, 0.15) is 12.4 Å². The molecule has 0 aliphatic carbocycles. The van der Waals surface area contributed by atoms with Gasteiger partial charge >= 0.3 is 0 Å². The molecular weight excluding hydrogens is 344 g/mol. The zero-order chi connectivity index (χ0) is 19.0. The molecule has 0 N–H and O–H groups in total. The number of para-hydroxylation sites is 2. The zero-order valence-corrected chi connectivity index (χ0v) is 15.8. The molecule has 3 heteroatoms. The van der Waals surface area contributed by atoms with Crippen molar-refractivity contribution in [1.29, 1.82) is 0 Å². The van der Waals surface area contributed by atoms with E-state index in [1.165, 1.54) is 16.9 Å². The highest BCUT2D eigenvalue weighted by molar-refractivity contribution is 5.63. The lowest BCUT2D eigenvalue weighted by Crippen LogP contribution is -2.16. The van der Waals surface area contributed by atoms with Crippen LogP contribution in [0.1, 0.15) is 5.56 Å². The van der Waals surface area contributed by atoms with Crippen molar-refractivity contribution in [3.63, 3.8) is 0 Å². The summed E-state index contributed by atoms with van der Waals surface area (Å²) in [5.41, 5.74) is 3.60. The smallest absolute Gasteiger partial charge is 0.119 e. The average Bonchev–Trinajstić information content (AvgIpc) is 3.28. The van der Waals surface area contributed by atoms with Crippen molar-refractivity contribution in [2.24, 2.45) is 0 Å². The van der Waals surface area contributed by atoms with Gasteiger partial charge in [-0.1, -0.05) is 48.5 Å². The summed E-state index contributed by atoms with van der Waals surface area (Å²) < 4.78 is 7.99. The number of ether oxygens (including phenoxy) is 1. The molecule has 0 saturated carbocycles. The summed E-state index contributed by atoms with van der Waals surface area (Å²) in [6, 6.07) is 33.4. The maximum Gasteiger partial charge on any atom is 0.119 e. The van der Waals surface area contributed by atoms with Crippen LogP contribution in [-0.4, -0.2) is 11.2 Å². The highest BCUT2D eigenvalue weighted by Crippen LogP contribution is 2.27. The van der Waals surface area contributed by atoms with Crippen molar-refractivity contribution in [1.82, 2.24) is 4.57 Å². The molecule has 1 aromatic heterocycles. The highest BCUT2D eigenvalue weighted by atomic mass is 16.5. The number of nitrogens with zero attached hydrogens (tertiary/aromatic N) is 2. The molecule has 4 aromatic rings. The second kappa shape index (κ2) is 8.96. The van der Waals surface area contributed by atoms with Crippen LogP contribution in [0, 0.1) is 0 Å². The van der Waals surface area contributed by atoms with Crippen molar-refractivity contribution >= 4 is 11.4 Å². The highest BCUT2D eigenvalue weighted by Gasteiger charge is 2.09. The van der Waals surface area contributed by atoms with E-state index in [1.807, 2.05) is 36.7 Å². The molecule has 0 bridgehead atoms. The van der Waals surface area contributed by atoms with E-state index in [0.717, 1.165) is 18.8 Å². The fourth-order valence-electron chi connectivity index (χ4n) is 3.21. The summed E-state index contributed by atoms with van der Waals surface area (Å²) in [5.74, 6) is 0.905. The Hall–Kier alpha value is -3.46. The Bertz CT molecular complexity index is 909. The molecule has 0 fully saturated rings. The molecule has 0 amide bonds. The van der Waals surface area contributed by atoms with E-state index in [9.17, 15) is 0 Å². The molecule has 0 aliphatic heterocycles. The normalized spacial score (nSPS) is 10.6. The van der Waals surface area contributed by atoms with Gasteiger partial charge in [-0.15, -0.1) is 0 Å². The lowest BCUT2D eigenvalue weighted by atomic mass is 10.1. The molecule has 0 aliphatic rings. The molecule has 3 aromatic carbocycles. The molecular formula is C25H24N2O. The van der Waals surface area contributed by atoms with Gasteiger partial charge in [-0.25, -0.2) is 0 Å². The van der Waals surface area contributed by atoms with E-state index >= 15 is 0 Å². The third-order valence-corrected chi connectivity index (χ3v) is 4.68. The number of benzene rings is 3. The van der Waals surface area contributed by atoms with Crippen molar-refractivity contribution in [3.05, 3.63) is 115 Å². The Labute approximate surface area is 166 Å². The van der Waals surface area contributed by atoms with Crippen LogP contribution in [0.2, 0.25) is 0 Å². The molecule has 1 heterocycles. The second-order valence-electron chi connectivity index (χ2n) is 6.67. The molecule has 140 valence electrons. The van der Waals surface area contributed by atoms with E-state index in [-0.39, 0.29) is 0 Å².